The maximum atomic E-state index is 0. The van der Waals surface area contributed by atoms with E-state index in [0.717, 1.165) is 0 Å². The van der Waals surface area contributed by atoms with Crippen molar-refractivity contribution >= 4 is 49.6 Å². The minimum atomic E-state index is 0. The predicted octanol–water partition coefficient (Wildman–Crippen LogP) is 1.68. The fraction of sp³-hybridized carbons (Fsp3) is 0. The first kappa shape index (κ1) is 76.4. The summed E-state index contributed by atoms with van der Waals surface area (Å²) in [5, 5.41) is 0. The average Bonchev–Trinajstić information content (AvgIpc) is 0. The molecule has 0 aromatic heterocycles. The first-order chi connectivity index (χ1) is 0. The van der Waals surface area contributed by atoms with E-state index in [4.69, 9.17) is 0 Å². The summed E-state index contributed by atoms with van der Waals surface area (Å²) in [5.74, 6) is 0. The molecule has 0 N–H and O–H groups in total. The Labute approximate surface area is 66.6 Å². The van der Waals surface area contributed by atoms with Crippen LogP contribution in [0, 0.1) is 0 Å². The summed E-state index contributed by atoms with van der Waals surface area (Å²) in [7, 11) is 0. The van der Waals surface area contributed by atoms with Crippen LogP contribution < -0.4 is 0 Å². The molecule has 0 heterocycles. The van der Waals surface area contributed by atoms with Gasteiger partial charge in [-0.05, 0) is 0 Å². The maximum Gasteiger partial charge on any atom is 0 e. The molecule has 1 radical (unpaired) electrons. The van der Waals surface area contributed by atoms with E-state index in [0.29, 0.717) is 0 Å². The van der Waals surface area contributed by atoms with E-state index in [1.165, 1.54) is 0 Å². The van der Waals surface area contributed by atoms with E-state index in [-0.39, 0.29) is 66.7 Å². The molecule has 0 aromatic rings. The number of halogens is 4. The van der Waals surface area contributed by atoms with Crippen molar-refractivity contribution in [3.63, 3.8) is 0 Å². The molecule has 0 aliphatic rings. The van der Waals surface area contributed by atoms with Crippen LogP contribution in [0.5, 0.6) is 0 Å². The molecular weight excluding hydrogens is 205 g/mol. The van der Waals surface area contributed by atoms with Gasteiger partial charge in [0.2, 0.25) is 0 Å². The van der Waals surface area contributed by atoms with Crippen molar-refractivity contribution in [1.29, 1.82) is 0 Å². The minimum absolute atomic E-state index is 0. The van der Waals surface area contributed by atoms with Gasteiger partial charge in [0.1, 0.15) is 0 Å². The van der Waals surface area contributed by atoms with Crippen LogP contribution in [0.3, 0.4) is 0 Å². The Morgan fingerprint density at radius 3 is 0.400 bits per heavy atom. The van der Waals surface area contributed by atoms with Gasteiger partial charge in [-0.2, -0.15) is 0 Å². The molecule has 0 saturated heterocycles. The first-order valence-electron chi connectivity index (χ1n) is 0. The van der Waals surface area contributed by atoms with Crippen LogP contribution in [-0.2, 0) is 17.1 Å². The Bertz CT molecular complexity index is 3.61. The fourth-order valence-electron chi connectivity index (χ4n) is 0. The summed E-state index contributed by atoms with van der Waals surface area (Å²) in [6, 6.07) is 0. The van der Waals surface area contributed by atoms with Gasteiger partial charge < -0.3 is 0 Å². The van der Waals surface area contributed by atoms with E-state index in [1.807, 2.05) is 0 Å². The van der Waals surface area contributed by atoms with Crippen LogP contribution in [0.15, 0.2) is 0 Å². The van der Waals surface area contributed by atoms with Gasteiger partial charge in [-0.25, -0.2) is 0 Å². The van der Waals surface area contributed by atoms with Crippen molar-refractivity contribution in [2.45, 2.75) is 0 Å². The Morgan fingerprint density at radius 1 is 0.400 bits per heavy atom. The summed E-state index contributed by atoms with van der Waals surface area (Å²) in [4.78, 5) is 0. The second kappa shape index (κ2) is 44.1. The first-order valence-corrected chi connectivity index (χ1v) is 0. The smallest absolute Gasteiger partial charge is 0 e. The largest absolute Gasteiger partial charge is 0.147 e. The molecule has 0 aliphatic carbocycles. The summed E-state index contributed by atoms with van der Waals surface area (Å²) in [5.41, 5.74) is 0. The molecule has 0 aliphatic heterocycles. The zero-order valence-electron chi connectivity index (χ0n) is 1.93. The van der Waals surface area contributed by atoms with Crippen LogP contribution in [0.25, 0.3) is 0 Å². The second-order valence-corrected chi connectivity index (χ2v) is 0. The second-order valence-electron chi connectivity index (χ2n) is 0. The molecule has 0 spiro atoms. The molecule has 0 saturated carbocycles. The molecule has 5 heteroatoms. The molecule has 5 heavy (non-hydrogen) atoms. The quantitative estimate of drug-likeness (QED) is 0.533. The summed E-state index contributed by atoms with van der Waals surface area (Å²) < 4.78 is 0. The van der Waals surface area contributed by atoms with Crippen molar-refractivity contribution in [2.24, 2.45) is 0 Å². The third-order valence-electron chi connectivity index (χ3n) is 0. The topological polar surface area (TPSA) is 0 Å². The third kappa shape index (κ3) is 27.3. The molecular formula is H4Cl4Cu. The zero-order valence-corrected chi connectivity index (χ0v) is 6.14. The molecule has 0 nitrogen and oxygen atoms in total. The van der Waals surface area contributed by atoms with Crippen molar-refractivity contribution in [1.82, 2.24) is 0 Å². The van der Waals surface area contributed by atoms with Crippen molar-refractivity contribution in [3.05, 3.63) is 0 Å². The van der Waals surface area contributed by atoms with E-state index in [9.17, 15) is 0 Å². The Balaban J connectivity index is 0. The van der Waals surface area contributed by atoms with E-state index < -0.39 is 0 Å². The predicted molar refractivity (Wildman–Crippen MR) is 29.0 cm³/mol. The SMILES string of the molecule is Cl.Cl.Cl.Cl.[Cu]. The van der Waals surface area contributed by atoms with Gasteiger partial charge in [0.15, 0.2) is 0 Å². The van der Waals surface area contributed by atoms with E-state index in [1.54, 1.807) is 0 Å². The Hall–Kier alpha value is 1.68. The zero-order chi connectivity index (χ0) is 0. The number of rotatable bonds is 0. The van der Waals surface area contributed by atoms with Crippen molar-refractivity contribution < 1.29 is 17.1 Å². The van der Waals surface area contributed by atoms with Gasteiger partial charge in [-0.15, -0.1) is 49.6 Å². The summed E-state index contributed by atoms with van der Waals surface area (Å²) in [6.07, 6.45) is 0. The molecule has 0 rings (SSSR count). The Morgan fingerprint density at radius 2 is 0.400 bits per heavy atom. The average molecular weight is 209 g/mol. The normalized spacial score (nSPS) is 0. The Kier molecular flexibility index (Phi) is 674. The third-order valence-corrected chi connectivity index (χ3v) is 0. The molecule has 0 atom stereocenters. The number of hydrogen-bond acceptors (Lipinski definition) is 0. The van der Waals surface area contributed by atoms with E-state index >= 15 is 0 Å². The molecule has 0 aromatic carbocycles. The van der Waals surface area contributed by atoms with Crippen LogP contribution in [0.1, 0.15) is 0 Å². The van der Waals surface area contributed by atoms with E-state index in [2.05, 4.69) is 0 Å². The van der Waals surface area contributed by atoms with Crippen molar-refractivity contribution in [3.8, 4) is 0 Å². The van der Waals surface area contributed by atoms with Gasteiger partial charge in [-0.1, -0.05) is 0 Å². The molecule has 0 amide bonds. The molecule has 0 fully saturated rings. The summed E-state index contributed by atoms with van der Waals surface area (Å²) >= 11 is 0. The standard InChI is InChI=1S/4ClH.Cu/h4*1H;. The van der Waals surface area contributed by atoms with Gasteiger partial charge in [0.05, 0.1) is 0 Å². The fourth-order valence-corrected chi connectivity index (χ4v) is 0. The van der Waals surface area contributed by atoms with Gasteiger partial charge >= 0.3 is 0 Å². The molecule has 0 bridgehead atoms. The van der Waals surface area contributed by atoms with Crippen LogP contribution in [0.2, 0.25) is 0 Å². The molecule has 43 valence electrons. The number of hydrogen-bond donors (Lipinski definition) is 0. The monoisotopic (exact) mass is 207 g/mol. The van der Waals surface area contributed by atoms with Crippen LogP contribution >= 0.6 is 49.6 Å². The van der Waals surface area contributed by atoms with Crippen LogP contribution in [0.4, 0.5) is 0 Å². The summed E-state index contributed by atoms with van der Waals surface area (Å²) in [6.45, 7) is 0. The molecule has 0 unspecified atom stereocenters. The van der Waals surface area contributed by atoms with Crippen LogP contribution in [-0.4, -0.2) is 0 Å². The maximum absolute atomic E-state index is 0. The van der Waals surface area contributed by atoms with Crippen molar-refractivity contribution in [2.75, 3.05) is 0 Å². The van der Waals surface area contributed by atoms with Gasteiger partial charge in [-0.3, -0.25) is 0 Å². The minimum Gasteiger partial charge on any atom is -0.147 e. The van der Waals surface area contributed by atoms with Gasteiger partial charge in [0.25, 0.3) is 0 Å². The van der Waals surface area contributed by atoms with Gasteiger partial charge in [0, 0.05) is 17.1 Å².